The van der Waals surface area contributed by atoms with Crippen LogP contribution >= 0.6 is 0 Å². The molecule has 1 fully saturated rings. The summed E-state index contributed by atoms with van der Waals surface area (Å²) >= 11 is 0. The summed E-state index contributed by atoms with van der Waals surface area (Å²) in [6.07, 6.45) is -0.318. The highest BCUT2D eigenvalue weighted by Gasteiger charge is 2.37. The number of carbonyl (C=O) groups is 1. The number of methoxy groups -OCH3 is 1. The predicted molar refractivity (Wildman–Crippen MR) is 84.1 cm³/mol. The summed E-state index contributed by atoms with van der Waals surface area (Å²) in [6.45, 7) is 6.69. The zero-order valence-electron chi connectivity index (χ0n) is 13.7. The second kappa shape index (κ2) is 6.57. The number of aliphatic hydroxyl groups is 1. The van der Waals surface area contributed by atoms with E-state index >= 15 is 0 Å². The van der Waals surface area contributed by atoms with Crippen LogP contribution < -0.4 is 4.74 Å². The van der Waals surface area contributed by atoms with Crippen LogP contribution in [0.15, 0.2) is 24.3 Å². The van der Waals surface area contributed by atoms with Crippen LogP contribution in [0, 0.1) is 5.92 Å². The summed E-state index contributed by atoms with van der Waals surface area (Å²) in [6, 6.07) is 7.79. The predicted octanol–water partition coefficient (Wildman–Crippen LogP) is 2.64. The maximum absolute atomic E-state index is 12.2. The number of amides is 1. The van der Waals surface area contributed by atoms with Crippen LogP contribution in [0.3, 0.4) is 0 Å². The third kappa shape index (κ3) is 3.91. The van der Waals surface area contributed by atoms with Gasteiger partial charge < -0.3 is 19.5 Å². The molecule has 2 unspecified atom stereocenters. The Hall–Kier alpha value is -1.75. The molecule has 1 heterocycles. The molecule has 22 heavy (non-hydrogen) atoms. The zero-order valence-corrected chi connectivity index (χ0v) is 13.7. The normalized spacial score (nSPS) is 21.8. The first-order chi connectivity index (χ1) is 10.3. The molecule has 122 valence electrons. The Balaban J connectivity index is 2.10. The largest absolute Gasteiger partial charge is 0.497 e. The molecule has 2 atom stereocenters. The number of hydrogen-bond donors (Lipinski definition) is 1. The van der Waals surface area contributed by atoms with Crippen molar-refractivity contribution in [3.63, 3.8) is 0 Å². The molecule has 5 heteroatoms. The first-order valence-corrected chi connectivity index (χ1v) is 7.57. The van der Waals surface area contributed by atoms with Crippen LogP contribution in [0.5, 0.6) is 5.75 Å². The van der Waals surface area contributed by atoms with Gasteiger partial charge >= 0.3 is 6.09 Å². The van der Waals surface area contributed by atoms with E-state index in [1.54, 1.807) is 12.0 Å². The molecule has 1 N–H and O–H groups in total. The summed E-state index contributed by atoms with van der Waals surface area (Å²) in [4.78, 5) is 13.9. The van der Waals surface area contributed by atoms with Crippen molar-refractivity contribution in [3.8, 4) is 5.75 Å². The van der Waals surface area contributed by atoms with Gasteiger partial charge in [0.25, 0.3) is 0 Å². The van der Waals surface area contributed by atoms with E-state index in [2.05, 4.69) is 0 Å². The van der Waals surface area contributed by atoms with Gasteiger partial charge in [0, 0.05) is 31.5 Å². The Morgan fingerprint density at radius 3 is 2.41 bits per heavy atom. The fourth-order valence-corrected chi connectivity index (χ4v) is 2.76. The van der Waals surface area contributed by atoms with E-state index in [1.807, 2.05) is 45.0 Å². The maximum Gasteiger partial charge on any atom is 0.410 e. The molecule has 5 nitrogen and oxygen atoms in total. The van der Waals surface area contributed by atoms with E-state index in [-0.39, 0.29) is 24.5 Å². The van der Waals surface area contributed by atoms with Crippen LogP contribution in [0.25, 0.3) is 0 Å². The van der Waals surface area contributed by atoms with Gasteiger partial charge in [-0.2, -0.15) is 0 Å². The molecule has 1 aliphatic heterocycles. The van der Waals surface area contributed by atoms with E-state index < -0.39 is 5.60 Å². The Labute approximate surface area is 131 Å². The molecule has 0 saturated carbocycles. The highest BCUT2D eigenvalue weighted by atomic mass is 16.6. The fourth-order valence-electron chi connectivity index (χ4n) is 2.76. The molecule has 1 aliphatic rings. The lowest BCUT2D eigenvalue weighted by atomic mass is 9.89. The number of ether oxygens (including phenoxy) is 2. The summed E-state index contributed by atoms with van der Waals surface area (Å²) in [5, 5.41) is 9.63. The third-order valence-corrected chi connectivity index (χ3v) is 3.87. The van der Waals surface area contributed by atoms with Crippen molar-refractivity contribution in [3.05, 3.63) is 29.8 Å². The SMILES string of the molecule is COc1ccc(C2CN(C(=O)OC(C)(C)C)CC2CO)cc1. The highest BCUT2D eigenvalue weighted by molar-refractivity contribution is 5.68. The van der Waals surface area contributed by atoms with Crippen LogP contribution in [0.2, 0.25) is 0 Å². The minimum Gasteiger partial charge on any atom is -0.497 e. The molecule has 1 aromatic carbocycles. The first-order valence-electron chi connectivity index (χ1n) is 7.57. The van der Waals surface area contributed by atoms with Crippen molar-refractivity contribution in [2.24, 2.45) is 5.92 Å². The van der Waals surface area contributed by atoms with E-state index in [1.165, 1.54) is 0 Å². The Bertz CT molecular complexity index is 506. The van der Waals surface area contributed by atoms with Gasteiger partial charge in [0.1, 0.15) is 11.4 Å². The number of carbonyl (C=O) groups excluding carboxylic acids is 1. The number of nitrogens with zero attached hydrogens (tertiary/aromatic N) is 1. The summed E-state index contributed by atoms with van der Waals surface area (Å²) < 4.78 is 10.6. The minimum atomic E-state index is -0.510. The first kappa shape index (κ1) is 16.6. The van der Waals surface area contributed by atoms with E-state index in [0.717, 1.165) is 11.3 Å². The second-order valence-corrected chi connectivity index (χ2v) is 6.71. The van der Waals surface area contributed by atoms with E-state index in [0.29, 0.717) is 13.1 Å². The van der Waals surface area contributed by atoms with Crippen molar-refractivity contribution in [1.82, 2.24) is 4.90 Å². The standard InChI is InChI=1S/C17H25NO4/c1-17(2,3)22-16(20)18-9-13(11-19)15(10-18)12-5-7-14(21-4)8-6-12/h5-8,13,15,19H,9-11H2,1-4H3. The number of rotatable bonds is 3. The lowest BCUT2D eigenvalue weighted by molar-refractivity contribution is 0.0283. The number of hydrogen-bond acceptors (Lipinski definition) is 4. The minimum absolute atomic E-state index is 0.0286. The lowest BCUT2D eigenvalue weighted by Crippen LogP contribution is -2.35. The van der Waals surface area contributed by atoms with Crippen LogP contribution in [-0.2, 0) is 4.74 Å². The molecular formula is C17H25NO4. The smallest absolute Gasteiger partial charge is 0.410 e. The average Bonchev–Trinajstić information content (AvgIpc) is 2.90. The Kier molecular flexibility index (Phi) is 4.96. The number of benzene rings is 1. The van der Waals surface area contributed by atoms with Gasteiger partial charge in [-0.25, -0.2) is 4.79 Å². The monoisotopic (exact) mass is 307 g/mol. The molecule has 0 spiro atoms. The molecule has 1 saturated heterocycles. The summed E-state index contributed by atoms with van der Waals surface area (Å²) in [5.74, 6) is 0.940. The molecular weight excluding hydrogens is 282 g/mol. The molecule has 0 aliphatic carbocycles. The fraction of sp³-hybridized carbons (Fsp3) is 0.588. The molecule has 1 amide bonds. The molecule has 1 aromatic rings. The van der Waals surface area contributed by atoms with Crippen molar-refractivity contribution in [1.29, 1.82) is 0 Å². The van der Waals surface area contributed by atoms with Crippen molar-refractivity contribution >= 4 is 6.09 Å². The number of aliphatic hydroxyl groups excluding tert-OH is 1. The van der Waals surface area contributed by atoms with Crippen LogP contribution in [0.1, 0.15) is 32.3 Å². The highest BCUT2D eigenvalue weighted by Crippen LogP contribution is 2.34. The van der Waals surface area contributed by atoms with Gasteiger partial charge in [-0.15, -0.1) is 0 Å². The van der Waals surface area contributed by atoms with Crippen LogP contribution in [0.4, 0.5) is 4.79 Å². The van der Waals surface area contributed by atoms with Gasteiger partial charge in [-0.05, 0) is 38.5 Å². The average molecular weight is 307 g/mol. The molecule has 0 bridgehead atoms. The van der Waals surface area contributed by atoms with E-state index in [4.69, 9.17) is 9.47 Å². The Morgan fingerprint density at radius 2 is 1.91 bits per heavy atom. The van der Waals surface area contributed by atoms with Gasteiger partial charge in [-0.1, -0.05) is 12.1 Å². The van der Waals surface area contributed by atoms with Crippen molar-refractivity contribution in [2.75, 3.05) is 26.8 Å². The topological polar surface area (TPSA) is 59.0 Å². The summed E-state index contributed by atoms with van der Waals surface area (Å²) in [7, 11) is 1.63. The second-order valence-electron chi connectivity index (χ2n) is 6.71. The van der Waals surface area contributed by atoms with Crippen molar-refractivity contribution < 1.29 is 19.4 Å². The van der Waals surface area contributed by atoms with Gasteiger partial charge in [0.05, 0.1) is 7.11 Å². The number of likely N-dealkylation sites (tertiary alicyclic amines) is 1. The van der Waals surface area contributed by atoms with E-state index in [9.17, 15) is 9.90 Å². The zero-order chi connectivity index (χ0) is 16.3. The van der Waals surface area contributed by atoms with Gasteiger partial charge in [-0.3, -0.25) is 0 Å². The van der Waals surface area contributed by atoms with Gasteiger partial charge in [0.15, 0.2) is 0 Å². The summed E-state index contributed by atoms with van der Waals surface area (Å²) in [5.41, 5.74) is 0.593. The quantitative estimate of drug-likeness (QED) is 0.932. The van der Waals surface area contributed by atoms with Crippen LogP contribution in [-0.4, -0.2) is 48.5 Å². The third-order valence-electron chi connectivity index (χ3n) is 3.87. The molecule has 0 aromatic heterocycles. The van der Waals surface area contributed by atoms with Gasteiger partial charge in [0.2, 0.25) is 0 Å². The maximum atomic E-state index is 12.2. The molecule has 0 radical (unpaired) electrons. The Morgan fingerprint density at radius 1 is 1.27 bits per heavy atom. The molecule has 2 rings (SSSR count). The van der Waals surface area contributed by atoms with Crippen molar-refractivity contribution in [2.45, 2.75) is 32.3 Å². The lowest BCUT2D eigenvalue weighted by Gasteiger charge is -2.24.